The number of likely N-dealkylation sites (tertiary alicyclic amines) is 1. The summed E-state index contributed by atoms with van der Waals surface area (Å²) in [5.41, 5.74) is 2.55. The SMILES string of the molecule is Cc1cc(C#N)ccc1CN1CCC(C)(O)C1. The normalized spacial score (nSPS) is 24.8. The molecule has 1 aliphatic heterocycles. The molecular weight excluding hydrogens is 212 g/mol. The number of aliphatic hydroxyl groups is 1. The van der Waals surface area contributed by atoms with E-state index in [2.05, 4.69) is 11.0 Å². The van der Waals surface area contributed by atoms with Gasteiger partial charge in [-0.1, -0.05) is 6.07 Å². The number of aryl methyl sites for hydroxylation is 1. The second kappa shape index (κ2) is 4.48. The summed E-state index contributed by atoms with van der Waals surface area (Å²) in [7, 11) is 0. The second-order valence-corrected chi connectivity index (χ2v) is 5.21. The molecule has 0 radical (unpaired) electrons. The molecule has 0 aromatic heterocycles. The maximum absolute atomic E-state index is 9.91. The minimum absolute atomic E-state index is 0.541. The molecule has 1 aliphatic rings. The van der Waals surface area contributed by atoms with Gasteiger partial charge in [0.2, 0.25) is 0 Å². The van der Waals surface area contributed by atoms with Crippen molar-refractivity contribution in [1.29, 1.82) is 5.26 Å². The van der Waals surface area contributed by atoms with Crippen LogP contribution >= 0.6 is 0 Å². The fourth-order valence-corrected chi connectivity index (χ4v) is 2.36. The van der Waals surface area contributed by atoms with Crippen molar-refractivity contribution in [2.45, 2.75) is 32.4 Å². The van der Waals surface area contributed by atoms with Crippen LogP contribution in [0.5, 0.6) is 0 Å². The maximum atomic E-state index is 9.91. The summed E-state index contributed by atoms with van der Waals surface area (Å²) in [6.07, 6.45) is 0.836. The lowest BCUT2D eigenvalue weighted by atomic mass is 10.1. The number of hydrogen-bond acceptors (Lipinski definition) is 3. The van der Waals surface area contributed by atoms with Crippen LogP contribution in [0.25, 0.3) is 0 Å². The Morgan fingerprint density at radius 1 is 1.53 bits per heavy atom. The average molecular weight is 230 g/mol. The molecule has 3 nitrogen and oxygen atoms in total. The molecule has 1 aromatic rings. The molecule has 0 bridgehead atoms. The van der Waals surface area contributed by atoms with Crippen molar-refractivity contribution in [1.82, 2.24) is 4.90 Å². The number of hydrogen-bond donors (Lipinski definition) is 1. The third-order valence-electron chi connectivity index (χ3n) is 3.40. The highest BCUT2D eigenvalue weighted by molar-refractivity contribution is 5.37. The van der Waals surface area contributed by atoms with Gasteiger partial charge in [-0.05, 0) is 43.5 Å². The molecule has 1 heterocycles. The Balaban J connectivity index is 2.08. The van der Waals surface area contributed by atoms with Gasteiger partial charge < -0.3 is 5.11 Å². The van der Waals surface area contributed by atoms with Crippen LogP contribution in [0.4, 0.5) is 0 Å². The number of benzene rings is 1. The lowest BCUT2D eigenvalue weighted by Crippen LogP contribution is -2.29. The summed E-state index contributed by atoms with van der Waals surface area (Å²) in [4.78, 5) is 2.26. The van der Waals surface area contributed by atoms with Crippen LogP contribution in [-0.2, 0) is 6.54 Å². The number of rotatable bonds is 2. The van der Waals surface area contributed by atoms with Crippen LogP contribution < -0.4 is 0 Å². The fraction of sp³-hybridized carbons (Fsp3) is 0.500. The van der Waals surface area contributed by atoms with Gasteiger partial charge in [-0.3, -0.25) is 4.90 Å². The Morgan fingerprint density at radius 3 is 2.82 bits per heavy atom. The summed E-state index contributed by atoms with van der Waals surface area (Å²) >= 11 is 0. The van der Waals surface area contributed by atoms with E-state index < -0.39 is 5.60 Å². The molecule has 2 rings (SSSR count). The predicted octanol–water partition coefficient (Wildman–Crippen LogP) is 1.82. The quantitative estimate of drug-likeness (QED) is 0.843. The van der Waals surface area contributed by atoms with Gasteiger partial charge in [0.05, 0.1) is 17.2 Å². The van der Waals surface area contributed by atoms with Crippen molar-refractivity contribution in [3.63, 3.8) is 0 Å². The van der Waals surface area contributed by atoms with Crippen LogP contribution in [0.1, 0.15) is 30.0 Å². The van der Waals surface area contributed by atoms with E-state index in [4.69, 9.17) is 5.26 Å². The topological polar surface area (TPSA) is 47.3 Å². The van der Waals surface area contributed by atoms with Crippen LogP contribution in [0.2, 0.25) is 0 Å². The van der Waals surface area contributed by atoms with E-state index in [0.29, 0.717) is 5.56 Å². The number of nitriles is 1. The lowest BCUT2D eigenvalue weighted by molar-refractivity contribution is 0.0679. The standard InChI is InChI=1S/C14H18N2O/c1-11-7-12(8-15)3-4-13(11)9-16-6-5-14(2,17)10-16/h3-4,7,17H,5-6,9-10H2,1-2H3. The molecule has 90 valence electrons. The molecule has 1 unspecified atom stereocenters. The molecular formula is C14H18N2O. The summed E-state index contributed by atoms with van der Waals surface area (Å²) in [6, 6.07) is 7.94. The molecule has 0 aliphatic carbocycles. The van der Waals surface area contributed by atoms with Gasteiger partial charge in [-0.15, -0.1) is 0 Å². The molecule has 1 aromatic carbocycles. The van der Waals surface area contributed by atoms with Crippen LogP contribution in [-0.4, -0.2) is 28.7 Å². The summed E-state index contributed by atoms with van der Waals surface area (Å²) in [6.45, 7) is 6.44. The first-order valence-corrected chi connectivity index (χ1v) is 5.94. The van der Waals surface area contributed by atoms with E-state index in [1.807, 2.05) is 32.0 Å². The van der Waals surface area contributed by atoms with Crippen LogP contribution in [0.3, 0.4) is 0 Å². The first-order chi connectivity index (χ1) is 8.00. The molecule has 3 heteroatoms. The third kappa shape index (κ3) is 2.85. The first kappa shape index (κ1) is 12.1. The molecule has 1 N–H and O–H groups in total. The minimum Gasteiger partial charge on any atom is -0.389 e. The molecule has 0 spiro atoms. The van der Waals surface area contributed by atoms with Crippen molar-refractivity contribution >= 4 is 0 Å². The Kier molecular flexibility index (Phi) is 3.19. The summed E-state index contributed by atoms with van der Waals surface area (Å²) in [5, 5.41) is 18.7. The fourth-order valence-electron chi connectivity index (χ4n) is 2.36. The Bertz CT molecular complexity index is 460. The molecule has 1 saturated heterocycles. The van der Waals surface area contributed by atoms with Crippen molar-refractivity contribution in [2.24, 2.45) is 0 Å². The monoisotopic (exact) mass is 230 g/mol. The maximum Gasteiger partial charge on any atom is 0.0991 e. The second-order valence-electron chi connectivity index (χ2n) is 5.21. The zero-order valence-corrected chi connectivity index (χ0v) is 10.4. The lowest BCUT2D eigenvalue weighted by Gasteiger charge is -2.19. The van der Waals surface area contributed by atoms with E-state index in [1.54, 1.807) is 0 Å². The van der Waals surface area contributed by atoms with Gasteiger partial charge in [0.25, 0.3) is 0 Å². The van der Waals surface area contributed by atoms with E-state index >= 15 is 0 Å². The molecule has 1 fully saturated rings. The molecule has 17 heavy (non-hydrogen) atoms. The Morgan fingerprint density at radius 2 is 2.29 bits per heavy atom. The van der Waals surface area contributed by atoms with Gasteiger partial charge in [0.1, 0.15) is 0 Å². The Hall–Kier alpha value is -1.37. The molecule has 0 saturated carbocycles. The van der Waals surface area contributed by atoms with Crippen molar-refractivity contribution < 1.29 is 5.11 Å². The predicted molar refractivity (Wildman–Crippen MR) is 66.4 cm³/mol. The molecule has 0 amide bonds. The number of nitrogens with zero attached hydrogens (tertiary/aromatic N) is 2. The van der Waals surface area contributed by atoms with Crippen LogP contribution in [0.15, 0.2) is 18.2 Å². The van der Waals surface area contributed by atoms with Crippen molar-refractivity contribution in [2.75, 3.05) is 13.1 Å². The smallest absolute Gasteiger partial charge is 0.0991 e. The van der Waals surface area contributed by atoms with Crippen molar-refractivity contribution in [3.05, 3.63) is 34.9 Å². The average Bonchev–Trinajstić information content (AvgIpc) is 2.61. The van der Waals surface area contributed by atoms with E-state index in [-0.39, 0.29) is 0 Å². The molecule has 1 atom stereocenters. The minimum atomic E-state index is -0.541. The van der Waals surface area contributed by atoms with Gasteiger partial charge >= 0.3 is 0 Å². The Labute approximate surface area is 102 Å². The van der Waals surface area contributed by atoms with E-state index in [9.17, 15) is 5.11 Å². The van der Waals surface area contributed by atoms with Gasteiger partial charge in [0.15, 0.2) is 0 Å². The summed E-state index contributed by atoms with van der Waals surface area (Å²) < 4.78 is 0. The highest BCUT2D eigenvalue weighted by atomic mass is 16.3. The zero-order chi connectivity index (χ0) is 12.5. The third-order valence-corrected chi connectivity index (χ3v) is 3.40. The number of β-amino-alcohol motifs (C(OH)–C–C–N with tert-alkyl or cyclic N) is 1. The summed E-state index contributed by atoms with van der Waals surface area (Å²) in [5.74, 6) is 0. The van der Waals surface area contributed by atoms with Gasteiger partial charge in [-0.2, -0.15) is 5.26 Å². The zero-order valence-electron chi connectivity index (χ0n) is 10.4. The highest BCUT2D eigenvalue weighted by Gasteiger charge is 2.31. The van der Waals surface area contributed by atoms with Gasteiger partial charge in [-0.25, -0.2) is 0 Å². The van der Waals surface area contributed by atoms with E-state index in [0.717, 1.165) is 31.6 Å². The largest absolute Gasteiger partial charge is 0.389 e. The van der Waals surface area contributed by atoms with E-state index in [1.165, 1.54) is 5.56 Å². The highest BCUT2D eigenvalue weighted by Crippen LogP contribution is 2.23. The van der Waals surface area contributed by atoms with Crippen molar-refractivity contribution in [3.8, 4) is 6.07 Å². The van der Waals surface area contributed by atoms with Crippen LogP contribution in [0, 0.1) is 18.3 Å². The first-order valence-electron chi connectivity index (χ1n) is 5.94. The van der Waals surface area contributed by atoms with Gasteiger partial charge in [0, 0.05) is 19.6 Å².